The van der Waals surface area contributed by atoms with Gasteiger partial charge in [-0.15, -0.1) is 0 Å². The maximum absolute atomic E-state index is 14.0. The molecule has 0 amide bonds. The Balaban J connectivity index is 1.70. The van der Waals surface area contributed by atoms with Crippen molar-refractivity contribution in [3.63, 3.8) is 0 Å². The number of hydrogen-bond acceptors (Lipinski definition) is 3. The SMILES string of the molecule is O=c1[nH]c(/C=C2\C=Nc3c2ccc(Cl)c3F)c(O)n1Cc1ccc(Cl)cc1. The quantitative estimate of drug-likeness (QED) is 0.668. The lowest BCUT2D eigenvalue weighted by atomic mass is 10.1. The van der Waals surface area contributed by atoms with Crippen LogP contribution < -0.4 is 5.69 Å². The van der Waals surface area contributed by atoms with Gasteiger partial charge in [0.2, 0.25) is 5.88 Å². The summed E-state index contributed by atoms with van der Waals surface area (Å²) in [6.07, 6.45) is 3.00. The molecular formula is C19H12Cl2FN3O2. The molecule has 8 heteroatoms. The summed E-state index contributed by atoms with van der Waals surface area (Å²) < 4.78 is 15.2. The Morgan fingerprint density at radius 1 is 1.19 bits per heavy atom. The lowest BCUT2D eigenvalue weighted by molar-refractivity contribution is 0.420. The second-order valence-electron chi connectivity index (χ2n) is 6.00. The highest BCUT2D eigenvalue weighted by Crippen LogP contribution is 2.38. The number of aliphatic imine (C=N–C) groups is 1. The van der Waals surface area contributed by atoms with Gasteiger partial charge in [-0.1, -0.05) is 41.4 Å². The largest absolute Gasteiger partial charge is 0.493 e. The first-order chi connectivity index (χ1) is 12.9. The van der Waals surface area contributed by atoms with Gasteiger partial charge < -0.3 is 10.1 Å². The maximum Gasteiger partial charge on any atom is 0.329 e. The van der Waals surface area contributed by atoms with Crippen LogP contribution in [0.25, 0.3) is 11.6 Å². The molecule has 0 fully saturated rings. The number of nitrogens with one attached hydrogen (secondary N) is 1. The molecule has 4 rings (SSSR count). The van der Waals surface area contributed by atoms with Crippen molar-refractivity contribution < 1.29 is 9.50 Å². The highest BCUT2D eigenvalue weighted by molar-refractivity contribution is 6.32. The summed E-state index contributed by atoms with van der Waals surface area (Å²) in [7, 11) is 0. The molecule has 0 atom stereocenters. The molecule has 2 N–H and O–H groups in total. The number of H-pyrrole nitrogens is 1. The number of halogens is 3. The summed E-state index contributed by atoms with van der Waals surface area (Å²) >= 11 is 11.6. The third-order valence-electron chi connectivity index (χ3n) is 4.25. The predicted molar refractivity (Wildman–Crippen MR) is 105 cm³/mol. The van der Waals surface area contributed by atoms with Crippen LogP contribution in [0.15, 0.2) is 46.2 Å². The standard InChI is InChI=1S/C19H12Cl2FN3O2/c20-12-3-1-10(2-4-12)9-25-18(26)15(24-19(25)27)7-11-8-23-17-13(11)5-6-14(21)16(17)22/h1-8,26H,9H2,(H,24,27)/b11-7+. The molecule has 0 saturated carbocycles. The average Bonchev–Trinajstić information content (AvgIpc) is 3.17. The average molecular weight is 404 g/mol. The van der Waals surface area contributed by atoms with Crippen LogP contribution in [-0.2, 0) is 6.54 Å². The smallest absolute Gasteiger partial charge is 0.329 e. The highest BCUT2D eigenvalue weighted by atomic mass is 35.5. The number of allylic oxidation sites excluding steroid dienone is 1. The molecule has 0 spiro atoms. The molecule has 1 aromatic heterocycles. The van der Waals surface area contributed by atoms with E-state index in [1.165, 1.54) is 22.9 Å². The van der Waals surface area contributed by atoms with Crippen molar-refractivity contribution in [2.24, 2.45) is 4.99 Å². The summed E-state index contributed by atoms with van der Waals surface area (Å²) in [6, 6.07) is 10.0. The molecule has 5 nitrogen and oxygen atoms in total. The molecule has 2 aromatic carbocycles. The fraction of sp³-hybridized carbons (Fsp3) is 0.0526. The van der Waals surface area contributed by atoms with E-state index in [1.54, 1.807) is 30.3 Å². The van der Waals surface area contributed by atoms with Gasteiger partial charge in [-0.05, 0) is 29.8 Å². The Kier molecular flexibility index (Phi) is 4.37. The van der Waals surface area contributed by atoms with Gasteiger partial charge in [0, 0.05) is 22.4 Å². The number of aromatic amines is 1. The van der Waals surface area contributed by atoms with Crippen molar-refractivity contribution in [2.45, 2.75) is 6.54 Å². The number of aromatic nitrogens is 2. The number of hydrogen-bond donors (Lipinski definition) is 2. The summed E-state index contributed by atoms with van der Waals surface area (Å²) in [4.78, 5) is 18.9. The van der Waals surface area contributed by atoms with E-state index in [0.717, 1.165) is 5.56 Å². The second kappa shape index (κ2) is 6.72. The van der Waals surface area contributed by atoms with Crippen molar-refractivity contribution in [2.75, 3.05) is 0 Å². The first kappa shape index (κ1) is 17.6. The van der Waals surface area contributed by atoms with Gasteiger partial charge in [0.1, 0.15) is 11.4 Å². The van der Waals surface area contributed by atoms with Crippen LogP contribution in [0.4, 0.5) is 10.1 Å². The summed E-state index contributed by atoms with van der Waals surface area (Å²) in [5.74, 6) is -0.828. The minimum Gasteiger partial charge on any atom is -0.493 e. The van der Waals surface area contributed by atoms with Crippen molar-refractivity contribution in [1.82, 2.24) is 9.55 Å². The van der Waals surface area contributed by atoms with E-state index >= 15 is 0 Å². The van der Waals surface area contributed by atoms with Gasteiger partial charge in [-0.3, -0.25) is 9.56 Å². The lowest BCUT2D eigenvalue weighted by Gasteiger charge is -2.04. The van der Waals surface area contributed by atoms with E-state index in [0.29, 0.717) is 16.2 Å². The van der Waals surface area contributed by atoms with Gasteiger partial charge in [-0.2, -0.15) is 0 Å². The molecule has 0 bridgehead atoms. The zero-order valence-electron chi connectivity index (χ0n) is 13.7. The Hall–Kier alpha value is -2.83. The minimum absolute atomic E-state index is 0.0162. The molecule has 0 unspecified atom stereocenters. The van der Waals surface area contributed by atoms with E-state index in [2.05, 4.69) is 9.98 Å². The van der Waals surface area contributed by atoms with Gasteiger partial charge in [0.05, 0.1) is 11.6 Å². The van der Waals surface area contributed by atoms with E-state index < -0.39 is 11.5 Å². The number of benzene rings is 2. The summed E-state index contributed by atoms with van der Waals surface area (Å²) in [6.45, 7) is 0.177. The molecule has 0 saturated heterocycles. The zero-order chi connectivity index (χ0) is 19.1. The number of aromatic hydroxyl groups is 1. The molecule has 0 aliphatic carbocycles. The number of imidazole rings is 1. The molecule has 0 radical (unpaired) electrons. The van der Waals surface area contributed by atoms with Gasteiger partial charge in [0.15, 0.2) is 5.82 Å². The van der Waals surface area contributed by atoms with Crippen LogP contribution >= 0.6 is 23.2 Å². The molecule has 3 aromatic rings. The predicted octanol–water partition coefficient (Wildman–Crippen LogP) is 4.63. The van der Waals surface area contributed by atoms with Crippen molar-refractivity contribution in [1.29, 1.82) is 0 Å². The fourth-order valence-corrected chi connectivity index (χ4v) is 3.15. The normalized spacial score (nSPS) is 14.1. The van der Waals surface area contributed by atoms with Crippen LogP contribution in [-0.4, -0.2) is 20.9 Å². The first-order valence-electron chi connectivity index (χ1n) is 7.94. The van der Waals surface area contributed by atoms with Crippen LogP contribution in [0.1, 0.15) is 16.8 Å². The maximum atomic E-state index is 14.0. The number of nitrogens with zero attached hydrogens (tertiary/aromatic N) is 2. The van der Waals surface area contributed by atoms with E-state index in [1.807, 2.05) is 0 Å². The molecular weight excluding hydrogens is 392 g/mol. The Labute approximate surface area is 163 Å². The zero-order valence-corrected chi connectivity index (χ0v) is 15.2. The van der Waals surface area contributed by atoms with E-state index in [9.17, 15) is 14.3 Å². The van der Waals surface area contributed by atoms with Crippen molar-refractivity contribution >= 4 is 46.8 Å². The lowest BCUT2D eigenvalue weighted by Crippen LogP contribution is -2.17. The molecule has 27 heavy (non-hydrogen) atoms. The first-order valence-corrected chi connectivity index (χ1v) is 8.70. The topological polar surface area (TPSA) is 70.4 Å². The van der Waals surface area contributed by atoms with Gasteiger partial charge in [-0.25, -0.2) is 9.18 Å². The Morgan fingerprint density at radius 3 is 2.67 bits per heavy atom. The molecule has 136 valence electrons. The van der Waals surface area contributed by atoms with Gasteiger partial charge in [0.25, 0.3) is 0 Å². The van der Waals surface area contributed by atoms with Crippen molar-refractivity contribution in [3.05, 3.63) is 79.6 Å². The Morgan fingerprint density at radius 2 is 1.93 bits per heavy atom. The minimum atomic E-state index is -0.605. The van der Waals surface area contributed by atoms with Crippen LogP contribution in [0, 0.1) is 5.82 Å². The summed E-state index contributed by atoms with van der Waals surface area (Å²) in [5.41, 5.74) is 1.76. The van der Waals surface area contributed by atoms with Crippen molar-refractivity contribution in [3.8, 4) is 5.88 Å². The number of fused-ring (bicyclic) bond motifs is 1. The van der Waals surface area contributed by atoms with Crippen LogP contribution in [0.3, 0.4) is 0 Å². The summed E-state index contributed by atoms with van der Waals surface area (Å²) in [5, 5.41) is 11.0. The highest BCUT2D eigenvalue weighted by Gasteiger charge is 2.20. The second-order valence-corrected chi connectivity index (χ2v) is 6.84. The van der Waals surface area contributed by atoms with Crippen LogP contribution in [0.5, 0.6) is 5.88 Å². The fourth-order valence-electron chi connectivity index (χ4n) is 2.87. The third kappa shape index (κ3) is 3.18. The van der Waals surface area contributed by atoms with E-state index in [-0.39, 0.29) is 28.8 Å². The molecule has 2 heterocycles. The van der Waals surface area contributed by atoms with Gasteiger partial charge >= 0.3 is 5.69 Å². The monoisotopic (exact) mass is 403 g/mol. The van der Waals surface area contributed by atoms with Crippen LogP contribution in [0.2, 0.25) is 10.0 Å². The van der Waals surface area contributed by atoms with E-state index in [4.69, 9.17) is 23.2 Å². The molecule has 1 aliphatic heterocycles. The third-order valence-corrected chi connectivity index (χ3v) is 4.79. The molecule has 1 aliphatic rings. The Bertz CT molecular complexity index is 1160. The number of rotatable bonds is 3.